The molecule has 0 unspecified atom stereocenters. The maximum Gasteiger partial charge on any atom is 0.229 e. The van der Waals surface area contributed by atoms with Gasteiger partial charge in [-0.3, -0.25) is 9.69 Å². The van der Waals surface area contributed by atoms with Gasteiger partial charge in [-0.05, 0) is 31.9 Å². The van der Waals surface area contributed by atoms with E-state index in [-0.39, 0.29) is 5.41 Å². The summed E-state index contributed by atoms with van der Waals surface area (Å²) in [5.74, 6) is 1.27. The summed E-state index contributed by atoms with van der Waals surface area (Å²) in [6.45, 7) is 4.96. The van der Waals surface area contributed by atoms with Crippen LogP contribution in [0.15, 0.2) is 43.0 Å². The molecule has 3 heterocycles. The van der Waals surface area contributed by atoms with Crippen LogP contribution in [-0.2, 0) is 17.9 Å². The molecule has 6 heteroatoms. The Balaban J connectivity index is 1.38. The fourth-order valence-corrected chi connectivity index (χ4v) is 4.44. The van der Waals surface area contributed by atoms with Gasteiger partial charge in [-0.25, -0.2) is 4.98 Å². The SMILES string of the molecule is CN1CCC[C@@]2(CCN(Cc3ccccc3OCCn3ccnc3)C2)C1=O. The van der Waals surface area contributed by atoms with Gasteiger partial charge in [0.25, 0.3) is 0 Å². The Bertz CT molecular complexity index is 776. The molecule has 2 aliphatic rings. The molecule has 2 saturated heterocycles. The summed E-state index contributed by atoms with van der Waals surface area (Å²) in [5.41, 5.74) is 1.03. The second kappa shape index (κ2) is 7.72. The molecule has 1 atom stereocenters. The molecule has 0 aliphatic carbocycles. The van der Waals surface area contributed by atoms with E-state index >= 15 is 0 Å². The average Bonchev–Trinajstić information content (AvgIpc) is 3.32. The summed E-state index contributed by atoms with van der Waals surface area (Å²) in [7, 11) is 1.94. The van der Waals surface area contributed by atoms with Crippen molar-refractivity contribution in [2.24, 2.45) is 5.41 Å². The third-order valence-electron chi connectivity index (χ3n) is 5.91. The van der Waals surface area contributed by atoms with Crippen molar-refractivity contribution < 1.29 is 9.53 Å². The maximum atomic E-state index is 12.7. The largest absolute Gasteiger partial charge is 0.491 e. The van der Waals surface area contributed by atoms with Crippen LogP contribution in [0.1, 0.15) is 24.8 Å². The molecule has 144 valence electrons. The molecule has 0 N–H and O–H groups in total. The monoisotopic (exact) mass is 368 g/mol. The molecule has 0 bridgehead atoms. The minimum absolute atomic E-state index is 0.162. The quantitative estimate of drug-likeness (QED) is 0.786. The number of benzene rings is 1. The van der Waals surface area contributed by atoms with E-state index in [1.807, 2.05) is 34.8 Å². The van der Waals surface area contributed by atoms with Crippen LogP contribution < -0.4 is 4.74 Å². The first-order valence-corrected chi connectivity index (χ1v) is 9.81. The molecule has 1 aromatic carbocycles. The van der Waals surface area contributed by atoms with E-state index < -0.39 is 0 Å². The van der Waals surface area contributed by atoms with Crippen LogP contribution >= 0.6 is 0 Å². The Morgan fingerprint density at radius 2 is 2.11 bits per heavy atom. The standard InChI is InChI=1S/C21H28N4O2/c1-23-10-4-7-21(20(23)26)8-11-25(16-21)15-18-5-2-3-6-19(18)27-14-13-24-12-9-22-17-24/h2-3,5-6,9,12,17H,4,7-8,10-11,13-16H2,1H3/t21-/m0/s1. The number of para-hydroxylation sites is 1. The van der Waals surface area contributed by atoms with E-state index in [1.54, 1.807) is 12.5 Å². The van der Waals surface area contributed by atoms with Gasteiger partial charge in [0.15, 0.2) is 0 Å². The third-order valence-corrected chi connectivity index (χ3v) is 5.91. The smallest absolute Gasteiger partial charge is 0.229 e. The minimum atomic E-state index is -0.162. The molecule has 2 aliphatic heterocycles. The number of nitrogens with zero attached hydrogens (tertiary/aromatic N) is 4. The number of carbonyl (C=O) groups excluding carboxylic acids is 1. The van der Waals surface area contributed by atoms with E-state index in [1.165, 1.54) is 5.56 Å². The lowest BCUT2D eigenvalue weighted by Crippen LogP contribution is -2.48. The number of aromatic nitrogens is 2. The first kappa shape index (κ1) is 18.0. The third kappa shape index (κ3) is 3.86. The zero-order chi connectivity index (χ0) is 18.7. The first-order chi connectivity index (χ1) is 13.2. The van der Waals surface area contributed by atoms with Gasteiger partial charge < -0.3 is 14.2 Å². The van der Waals surface area contributed by atoms with Crippen LogP contribution in [0.25, 0.3) is 0 Å². The van der Waals surface area contributed by atoms with Crippen LogP contribution in [0, 0.1) is 5.41 Å². The highest BCUT2D eigenvalue weighted by Crippen LogP contribution is 2.40. The minimum Gasteiger partial charge on any atom is -0.491 e. The highest BCUT2D eigenvalue weighted by atomic mass is 16.5. The van der Waals surface area contributed by atoms with Crippen LogP contribution in [0.5, 0.6) is 5.75 Å². The van der Waals surface area contributed by atoms with Crippen molar-refractivity contribution in [2.45, 2.75) is 32.4 Å². The number of amides is 1. The summed E-state index contributed by atoms with van der Waals surface area (Å²) < 4.78 is 8.06. The van der Waals surface area contributed by atoms with Gasteiger partial charge in [0.05, 0.1) is 18.3 Å². The molecule has 4 rings (SSSR count). The molecule has 27 heavy (non-hydrogen) atoms. The summed E-state index contributed by atoms with van der Waals surface area (Å²) in [4.78, 5) is 21.1. The zero-order valence-electron chi connectivity index (χ0n) is 16.0. The predicted octanol–water partition coefficient (Wildman–Crippen LogP) is 2.41. The van der Waals surface area contributed by atoms with E-state index in [0.717, 1.165) is 57.7 Å². The fourth-order valence-electron chi connectivity index (χ4n) is 4.44. The van der Waals surface area contributed by atoms with Crippen molar-refractivity contribution in [3.8, 4) is 5.75 Å². The second-order valence-electron chi connectivity index (χ2n) is 7.83. The number of piperidine rings is 1. The van der Waals surface area contributed by atoms with Crippen LogP contribution in [0.4, 0.5) is 0 Å². The second-order valence-corrected chi connectivity index (χ2v) is 7.83. The molecule has 1 spiro atoms. The zero-order valence-corrected chi connectivity index (χ0v) is 16.0. The number of likely N-dealkylation sites (tertiary alicyclic amines) is 2. The Morgan fingerprint density at radius 3 is 2.96 bits per heavy atom. The van der Waals surface area contributed by atoms with Crippen molar-refractivity contribution in [1.82, 2.24) is 19.4 Å². The summed E-state index contributed by atoms with van der Waals surface area (Å²) >= 11 is 0. The van der Waals surface area contributed by atoms with Crippen molar-refractivity contribution >= 4 is 5.91 Å². The van der Waals surface area contributed by atoms with Crippen molar-refractivity contribution in [1.29, 1.82) is 0 Å². The predicted molar refractivity (Wildman–Crippen MR) is 103 cm³/mol. The van der Waals surface area contributed by atoms with Gasteiger partial charge >= 0.3 is 0 Å². The molecule has 6 nitrogen and oxygen atoms in total. The molecule has 1 aromatic heterocycles. The van der Waals surface area contributed by atoms with E-state index in [4.69, 9.17) is 4.74 Å². The molecule has 2 aromatic rings. The van der Waals surface area contributed by atoms with Gasteiger partial charge in [-0.15, -0.1) is 0 Å². The Morgan fingerprint density at radius 1 is 1.22 bits per heavy atom. The Labute approximate surface area is 160 Å². The van der Waals surface area contributed by atoms with Gasteiger partial charge in [0, 0.05) is 44.6 Å². The van der Waals surface area contributed by atoms with Gasteiger partial charge in [-0.2, -0.15) is 0 Å². The summed E-state index contributed by atoms with van der Waals surface area (Å²) in [6, 6.07) is 8.24. The van der Waals surface area contributed by atoms with Gasteiger partial charge in [-0.1, -0.05) is 18.2 Å². The number of hydrogen-bond donors (Lipinski definition) is 0. The highest BCUT2D eigenvalue weighted by molar-refractivity contribution is 5.83. The Hall–Kier alpha value is -2.34. The lowest BCUT2D eigenvalue weighted by molar-refractivity contribution is -0.143. The molecular formula is C21H28N4O2. The average molecular weight is 368 g/mol. The summed E-state index contributed by atoms with van der Waals surface area (Å²) in [5, 5.41) is 0. The molecule has 2 fully saturated rings. The normalized spacial score (nSPS) is 23.3. The van der Waals surface area contributed by atoms with Gasteiger partial charge in [0.1, 0.15) is 12.4 Å². The van der Waals surface area contributed by atoms with Crippen LogP contribution in [-0.4, -0.2) is 58.5 Å². The molecule has 0 saturated carbocycles. The molecule has 0 radical (unpaired) electrons. The topological polar surface area (TPSA) is 50.6 Å². The van der Waals surface area contributed by atoms with Crippen molar-refractivity contribution in [2.75, 3.05) is 33.3 Å². The lowest BCUT2D eigenvalue weighted by Gasteiger charge is -2.37. The highest BCUT2D eigenvalue weighted by Gasteiger charge is 2.47. The number of imidazole rings is 1. The van der Waals surface area contributed by atoms with Crippen LogP contribution in [0.3, 0.4) is 0 Å². The Kier molecular flexibility index (Phi) is 5.16. The van der Waals surface area contributed by atoms with E-state index in [0.29, 0.717) is 12.5 Å². The number of carbonyl (C=O) groups is 1. The lowest BCUT2D eigenvalue weighted by atomic mass is 9.78. The first-order valence-electron chi connectivity index (χ1n) is 9.81. The maximum absolute atomic E-state index is 12.7. The van der Waals surface area contributed by atoms with Crippen molar-refractivity contribution in [3.63, 3.8) is 0 Å². The summed E-state index contributed by atoms with van der Waals surface area (Å²) in [6.07, 6.45) is 8.63. The number of rotatable bonds is 6. The molecule has 1 amide bonds. The number of hydrogen-bond acceptors (Lipinski definition) is 4. The molecular weight excluding hydrogens is 340 g/mol. The van der Waals surface area contributed by atoms with Crippen molar-refractivity contribution in [3.05, 3.63) is 48.5 Å². The number of ether oxygens (including phenoxy) is 1. The van der Waals surface area contributed by atoms with E-state index in [2.05, 4.69) is 22.0 Å². The van der Waals surface area contributed by atoms with Gasteiger partial charge in [0.2, 0.25) is 5.91 Å². The van der Waals surface area contributed by atoms with E-state index in [9.17, 15) is 4.79 Å². The fraction of sp³-hybridized carbons (Fsp3) is 0.524. The van der Waals surface area contributed by atoms with Crippen LogP contribution in [0.2, 0.25) is 0 Å².